The third-order valence-corrected chi connectivity index (χ3v) is 3.88. The first-order valence-corrected chi connectivity index (χ1v) is 7.90. The van der Waals surface area contributed by atoms with Crippen LogP contribution in [0.4, 0.5) is 0 Å². The van der Waals surface area contributed by atoms with E-state index >= 15 is 0 Å². The zero-order chi connectivity index (χ0) is 15.2. The van der Waals surface area contributed by atoms with E-state index in [1.165, 1.54) is 11.1 Å². The van der Waals surface area contributed by atoms with Crippen molar-refractivity contribution in [3.05, 3.63) is 35.4 Å². The lowest BCUT2D eigenvalue weighted by molar-refractivity contribution is -0.123. The topological polar surface area (TPSA) is 53.2 Å². The van der Waals surface area contributed by atoms with E-state index < -0.39 is 0 Å². The molecular weight excluding hydrogens is 262 g/mol. The molecular formula is C17H27N3O. The van der Waals surface area contributed by atoms with Crippen molar-refractivity contribution >= 4 is 5.91 Å². The zero-order valence-corrected chi connectivity index (χ0v) is 13.3. The van der Waals surface area contributed by atoms with Crippen LogP contribution in [0.5, 0.6) is 0 Å². The number of nitrogens with one attached hydrogen (secondary N) is 3. The van der Waals surface area contributed by atoms with E-state index in [0.717, 1.165) is 26.1 Å². The number of benzene rings is 1. The van der Waals surface area contributed by atoms with Gasteiger partial charge in [-0.05, 0) is 36.9 Å². The maximum absolute atomic E-state index is 12.1. The summed E-state index contributed by atoms with van der Waals surface area (Å²) in [6.07, 6.45) is 0.999. The first-order valence-electron chi connectivity index (χ1n) is 7.90. The second-order valence-corrected chi connectivity index (χ2v) is 6.24. The number of hydrogen-bond donors (Lipinski definition) is 3. The Bertz CT molecular complexity index is 473. The van der Waals surface area contributed by atoms with E-state index in [9.17, 15) is 4.79 Å². The molecule has 1 amide bonds. The first kappa shape index (κ1) is 16.0. The summed E-state index contributed by atoms with van der Waals surface area (Å²) >= 11 is 0. The summed E-state index contributed by atoms with van der Waals surface area (Å²) in [7, 11) is 0. The summed E-state index contributed by atoms with van der Waals surface area (Å²) in [6, 6.07) is 8.52. The minimum Gasteiger partial charge on any atom is -0.354 e. The van der Waals surface area contributed by atoms with Gasteiger partial charge in [-0.2, -0.15) is 0 Å². The summed E-state index contributed by atoms with van der Waals surface area (Å²) in [5.74, 6) is 0.558. The Morgan fingerprint density at radius 2 is 2.10 bits per heavy atom. The van der Waals surface area contributed by atoms with Crippen LogP contribution < -0.4 is 16.0 Å². The molecule has 21 heavy (non-hydrogen) atoms. The Kier molecular flexibility index (Phi) is 5.76. The van der Waals surface area contributed by atoms with Crippen molar-refractivity contribution in [3.63, 3.8) is 0 Å². The Morgan fingerprint density at radius 3 is 2.86 bits per heavy atom. The van der Waals surface area contributed by atoms with E-state index in [1.54, 1.807) is 0 Å². The Morgan fingerprint density at radius 1 is 1.33 bits per heavy atom. The molecule has 0 saturated heterocycles. The number of carbonyl (C=O) groups is 1. The molecule has 0 fully saturated rings. The van der Waals surface area contributed by atoms with Gasteiger partial charge in [0.05, 0.1) is 6.04 Å². The number of carbonyl (C=O) groups excluding carboxylic acids is 1. The fourth-order valence-corrected chi connectivity index (χ4v) is 2.67. The van der Waals surface area contributed by atoms with Gasteiger partial charge in [-0.15, -0.1) is 0 Å². The van der Waals surface area contributed by atoms with Crippen molar-refractivity contribution in [1.29, 1.82) is 0 Å². The molecule has 2 atom stereocenters. The molecule has 4 heteroatoms. The van der Waals surface area contributed by atoms with Gasteiger partial charge in [0.2, 0.25) is 5.91 Å². The molecule has 1 aromatic rings. The highest BCUT2D eigenvalue weighted by Crippen LogP contribution is 2.23. The number of amides is 1. The van der Waals surface area contributed by atoms with Crippen LogP contribution in [0.1, 0.15) is 44.4 Å². The molecule has 116 valence electrons. The molecule has 0 spiro atoms. The molecule has 1 aliphatic heterocycles. The van der Waals surface area contributed by atoms with Crippen LogP contribution >= 0.6 is 0 Å². The summed E-state index contributed by atoms with van der Waals surface area (Å²) in [5.41, 5.74) is 2.63. The molecule has 1 heterocycles. The van der Waals surface area contributed by atoms with Gasteiger partial charge in [0.25, 0.3) is 0 Å². The Balaban J connectivity index is 2.00. The second-order valence-electron chi connectivity index (χ2n) is 6.24. The van der Waals surface area contributed by atoms with Gasteiger partial charge >= 0.3 is 0 Å². The fraction of sp³-hybridized carbons (Fsp3) is 0.588. The number of hydrogen-bond acceptors (Lipinski definition) is 3. The van der Waals surface area contributed by atoms with Crippen LogP contribution in [0, 0.1) is 5.92 Å². The summed E-state index contributed by atoms with van der Waals surface area (Å²) in [4.78, 5) is 12.1. The minimum atomic E-state index is -0.181. The van der Waals surface area contributed by atoms with Crippen molar-refractivity contribution in [1.82, 2.24) is 16.0 Å². The smallest absolute Gasteiger partial charge is 0.236 e. The Hall–Kier alpha value is -1.39. The van der Waals surface area contributed by atoms with Gasteiger partial charge in [-0.25, -0.2) is 0 Å². The van der Waals surface area contributed by atoms with Crippen molar-refractivity contribution in [2.24, 2.45) is 5.92 Å². The molecule has 2 unspecified atom stereocenters. The summed E-state index contributed by atoms with van der Waals surface area (Å²) < 4.78 is 0. The molecule has 0 aromatic heterocycles. The summed E-state index contributed by atoms with van der Waals surface area (Å²) in [5, 5.41) is 9.92. The average Bonchev–Trinajstić information content (AvgIpc) is 2.67. The second kappa shape index (κ2) is 7.57. The highest BCUT2D eigenvalue weighted by atomic mass is 16.2. The predicted molar refractivity (Wildman–Crippen MR) is 86.0 cm³/mol. The third kappa shape index (κ3) is 4.55. The van der Waals surface area contributed by atoms with Crippen molar-refractivity contribution < 1.29 is 4.79 Å². The van der Waals surface area contributed by atoms with E-state index in [2.05, 4.69) is 54.1 Å². The van der Waals surface area contributed by atoms with Crippen molar-refractivity contribution in [3.8, 4) is 0 Å². The van der Waals surface area contributed by atoms with Crippen LogP contribution in [-0.2, 0) is 11.3 Å². The number of fused-ring (bicyclic) bond motifs is 1. The molecule has 0 saturated carbocycles. The quantitative estimate of drug-likeness (QED) is 0.777. The predicted octanol–water partition coefficient (Wildman–Crippen LogP) is 1.97. The van der Waals surface area contributed by atoms with E-state index in [0.29, 0.717) is 5.92 Å². The molecule has 2 rings (SSSR count). The van der Waals surface area contributed by atoms with Gasteiger partial charge in [0.1, 0.15) is 0 Å². The van der Waals surface area contributed by atoms with Gasteiger partial charge in [0.15, 0.2) is 0 Å². The molecule has 0 bridgehead atoms. The van der Waals surface area contributed by atoms with Gasteiger partial charge in [0, 0.05) is 19.1 Å². The maximum Gasteiger partial charge on any atom is 0.236 e. The van der Waals surface area contributed by atoms with E-state index in [1.807, 2.05) is 6.92 Å². The van der Waals surface area contributed by atoms with Crippen LogP contribution in [0.3, 0.4) is 0 Å². The lowest BCUT2D eigenvalue weighted by atomic mass is 9.98. The third-order valence-electron chi connectivity index (χ3n) is 3.88. The average molecular weight is 289 g/mol. The van der Waals surface area contributed by atoms with Gasteiger partial charge in [-0.3, -0.25) is 10.1 Å². The summed E-state index contributed by atoms with van der Waals surface area (Å²) in [6.45, 7) is 8.75. The molecule has 0 radical (unpaired) electrons. The lowest BCUT2D eigenvalue weighted by Gasteiger charge is -2.23. The lowest BCUT2D eigenvalue weighted by Crippen LogP contribution is -2.44. The van der Waals surface area contributed by atoms with E-state index in [-0.39, 0.29) is 18.0 Å². The molecule has 0 aliphatic carbocycles. The van der Waals surface area contributed by atoms with Crippen LogP contribution in [-0.4, -0.2) is 25.0 Å². The maximum atomic E-state index is 12.1. The first-order chi connectivity index (χ1) is 10.1. The van der Waals surface area contributed by atoms with Crippen LogP contribution in [0.15, 0.2) is 24.3 Å². The highest BCUT2D eigenvalue weighted by Gasteiger charge is 2.22. The SMILES string of the molecule is CC(C)CNC(=O)C(C)NC1CCNCc2ccccc21. The van der Waals surface area contributed by atoms with Gasteiger partial charge in [-0.1, -0.05) is 38.1 Å². The highest BCUT2D eigenvalue weighted by molar-refractivity contribution is 5.81. The van der Waals surface area contributed by atoms with Crippen LogP contribution in [0.2, 0.25) is 0 Å². The minimum absolute atomic E-state index is 0.0818. The molecule has 3 N–H and O–H groups in total. The zero-order valence-electron chi connectivity index (χ0n) is 13.3. The van der Waals surface area contributed by atoms with E-state index in [4.69, 9.17) is 0 Å². The molecule has 1 aliphatic rings. The molecule has 1 aromatic carbocycles. The van der Waals surface area contributed by atoms with Crippen LogP contribution in [0.25, 0.3) is 0 Å². The largest absolute Gasteiger partial charge is 0.354 e. The van der Waals surface area contributed by atoms with Crippen molar-refractivity contribution in [2.75, 3.05) is 13.1 Å². The molecule has 4 nitrogen and oxygen atoms in total. The standard InChI is InChI=1S/C17H27N3O/c1-12(2)10-19-17(21)13(3)20-16-8-9-18-11-14-6-4-5-7-15(14)16/h4-7,12-13,16,18,20H,8-11H2,1-3H3,(H,19,21). The Labute approximate surface area is 127 Å². The normalized spacial score (nSPS) is 19.7. The fourth-order valence-electron chi connectivity index (χ4n) is 2.67. The monoisotopic (exact) mass is 289 g/mol. The van der Waals surface area contributed by atoms with Crippen molar-refractivity contribution in [2.45, 2.75) is 45.8 Å². The van der Waals surface area contributed by atoms with Gasteiger partial charge < -0.3 is 10.6 Å². The number of rotatable bonds is 5.